The molecule has 1 saturated heterocycles. The van der Waals surface area contributed by atoms with E-state index in [0.717, 1.165) is 43.2 Å². The number of aromatic nitrogens is 4. The first-order valence-corrected chi connectivity index (χ1v) is 8.71. The molecule has 0 spiro atoms. The Morgan fingerprint density at radius 1 is 1.11 bits per heavy atom. The normalized spacial score (nSPS) is 14.8. The lowest BCUT2D eigenvalue weighted by Gasteiger charge is -2.34. The van der Waals surface area contributed by atoms with Crippen LogP contribution < -0.4 is 21.5 Å². The van der Waals surface area contributed by atoms with Gasteiger partial charge in [-0.05, 0) is 6.07 Å². The van der Waals surface area contributed by atoms with Gasteiger partial charge in [-0.15, -0.1) is 0 Å². The van der Waals surface area contributed by atoms with Gasteiger partial charge < -0.3 is 10.2 Å². The Kier molecular flexibility index (Phi) is 5.52. The Balaban J connectivity index is 1.58. The standard InChI is InChI=1S/C17H22N8O2/c1-22-14(13(12-18)15(26)23(2)17(22)27)19-6-7-24-8-10-25(11-9-24)16-20-4-3-5-21-16/h3-5,19H,6-11H2,1-2H3. The van der Waals surface area contributed by atoms with Crippen LogP contribution in [0.2, 0.25) is 0 Å². The first-order chi connectivity index (χ1) is 13.0. The predicted octanol–water partition coefficient (Wildman–Crippen LogP) is -1.02. The third kappa shape index (κ3) is 3.83. The van der Waals surface area contributed by atoms with Crippen LogP contribution in [0.15, 0.2) is 28.0 Å². The largest absolute Gasteiger partial charge is 0.369 e. The molecular weight excluding hydrogens is 348 g/mol. The van der Waals surface area contributed by atoms with E-state index in [-0.39, 0.29) is 11.4 Å². The Labute approximate surface area is 156 Å². The minimum absolute atomic E-state index is 0.0503. The Hall–Kier alpha value is -3.19. The van der Waals surface area contributed by atoms with E-state index in [1.54, 1.807) is 25.5 Å². The van der Waals surface area contributed by atoms with E-state index in [1.165, 1.54) is 11.6 Å². The quantitative estimate of drug-likeness (QED) is 0.712. The number of nitriles is 1. The molecule has 0 aromatic carbocycles. The summed E-state index contributed by atoms with van der Waals surface area (Å²) in [6.07, 6.45) is 3.47. The third-order valence-electron chi connectivity index (χ3n) is 4.70. The van der Waals surface area contributed by atoms with Gasteiger partial charge in [0.05, 0.1) is 0 Å². The third-order valence-corrected chi connectivity index (χ3v) is 4.70. The second-order valence-electron chi connectivity index (χ2n) is 6.35. The van der Waals surface area contributed by atoms with Gasteiger partial charge in [0.25, 0.3) is 5.56 Å². The van der Waals surface area contributed by atoms with Gasteiger partial charge in [-0.25, -0.2) is 14.8 Å². The van der Waals surface area contributed by atoms with E-state index in [0.29, 0.717) is 6.54 Å². The fourth-order valence-corrected chi connectivity index (χ4v) is 3.11. The zero-order valence-corrected chi connectivity index (χ0v) is 15.4. The van der Waals surface area contributed by atoms with Crippen LogP contribution in [-0.4, -0.2) is 63.3 Å². The molecule has 0 bridgehead atoms. The molecule has 0 unspecified atom stereocenters. The maximum atomic E-state index is 12.1. The number of nitrogens with one attached hydrogen (secondary N) is 1. The minimum Gasteiger partial charge on any atom is -0.369 e. The predicted molar refractivity (Wildman–Crippen MR) is 101 cm³/mol. The molecule has 2 aromatic rings. The van der Waals surface area contributed by atoms with Crippen LogP contribution in [0.25, 0.3) is 0 Å². The van der Waals surface area contributed by atoms with Crippen LogP contribution in [0.5, 0.6) is 0 Å². The lowest BCUT2D eigenvalue weighted by atomic mass is 10.3. The summed E-state index contributed by atoms with van der Waals surface area (Å²) in [5, 5.41) is 12.4. The molecule has 1 fully saturated rings. The molecule has 3 heterocycles. The zero-order chi connectivity index (χ0) is 19.4. The van der Waals surface area contributed by atoms with Crippen molar-refractivity contribution in [1.29, 1.82) is 5.26 Å². The summed E-state index contributed by atoms with van der Waals surface area (Å²) < 4.78 is 2.24. The molecule has 0 aliphatic carbocycles. The molecule has 142 valence electrons. The zero-order valence-electron chi connectivity index (χ0n) is 15.4. The smallest absolute Gasteiger partial charge is 0.332 e. The van der Waals surface area contributed by atoms with Crippen LogP contribution >= 0.6 is 0 Å². The van der Waals surface area contributed by atoms with Crippen molar-refractivity contribution in [2.75, 3.05) is 49.5 Å². The average Bonchev–Trinajstić information content (AvgIpc) is 2.71. The molecule has 3 rings (SSSR count). The van der Waals surface area contributed by atoms with Crippen LogP contribution in [0.4, 0.5) is 11.8 Å². The Morgan fingerprint density at radius 3 is 2.41 bits per heavy atom. The SMILES string of the molecule is Cn1c(NCCN2CCN(c3ncccn3)CC2)c(C#N)c(=O)n(C)c1=O. The van der Waals surface area contributed by atoms with Gasteiger partial charge in [0.2, 0.25) is 5.95 Å². The second-order valence-corrected chi connectivity index (χ2v) is 6.35. The minimum atomic E-state index is -0.584. The van der Waals surface area contributed by atoms with Crippen molar-refractivity contribution in [2.24, 2.45) is 14.1 Å². The van der Waals surface area contributed by atoms with E-state index in [1.807, 2.05) is 6.07 Å². The van der Waals surface area contributed by atoms with E-state index in [2.05, 4.69) is 25.1 Å². The Morgan fingerprint density at radius 2 is 1.78 bits per heavy atom. The molecule has 0 saturated carbocycles. The molecule has 1 N–H and O–H groups in total. The molecular formula is C17H22N8O2. The number of hydrogen-bond acceptors (Lipinski definition) is 8. The summed E-state index contributed by atoms with van der Waals surface area (Å²) in [7, 11) is 2.91. The fraction of sp³-hybridized carbons (Fsp3) is 0.471. The van der Waals surface area contributed by atoms with Gasteiger partial charge in [-0.1, -0.05) is 0 Å². The molecule has 27 heavy (non-hydrogen) atoms. The fourth-order valence-electron chi connectivity index (χ4n) is 3.11. The maximum Gasteiger partial charge on any atom is 0.332 e. The lowest BCUT2D eigenvalue weighted by Crippen LogP contribution is -2.48. The van der Waals surface area contributed by atoms with Crippen molar-refractivity contribution < 1.29 is 0 Å². The number of hydrogen-bond donors (Lipinski definition) is 1. The molecule has 0 amide bonds. The van der Waals surface area contributed by atoms with Gasteiger partial charge in [-0.2, -0.15) is 5.26 Å². The summed E-state index contributed by atoms with van der Waals surface area (Å²) in [5.41, 5.74) is -1.09. The number of nitrogens with zero attached hydrogens (tertiary/aromatic N) is 7. The van der Waals surface area contributed by atoms with Crippen molar-refractivity contribution in [3.8, 4) is 6.07 Å². The highest BCUT2D eigenvalue weighted by atomic mass is 16.2. The summed E-state index contributed by atoms with van der Waals surface area (Å²) in [6, 6.07) is 3.69. The van der Waals surface area contributed by atoms with Crippen LogP contribution in [0, 0.1) is 11.3 Å². The molecule has 1 aliphatic heterocycles. The van der Waals surface area contributed by atoms with Crippen molar-refractivity contribution in [1.82, 2.24) is 24.0 Å². The van der Waals surface area contributed by atoms with E-state index >= 15 is 0 Å². The van der Waals surface area contributed by atoms with Crippen molar-refractivity contribution in [2.45, 2.75) is 0 Å². The van der Waals surface area contributed by atoms with Crippen LogP contribution in [-0.2, 0) is 14.1 Å². The van der Waals surface area contributed by atoms with Crippen molar-refractivity contribution in [3.63, 3.8) is 0 Å². The van der Waals surface area contributed by atoms with E-state index in [9.17, 15) is 14.9 Å². The maximum absolute atomic E-state index is 12.1. The number of anilines is 2. The van der Waals surface area contributed by atoms with E-state index in [4.69, 9.17) is 0 Å². The first kappa shape index (κ1) is 18.6. The summed E-state index contributed by atoms with van der Waals surface area (Å²) in [5.74, 6) is 1.01. The van der Waals surface area contributed by atoms with Crippen LogP contribution in [0.3, 0.4) is 0 Å². The summed E-state index contributed by atoms with van der Waals surface area (Å²) in [6.45, 7) is 4.64. The molecule has 10 nitrogen and oxygen atoms in total. The van der Waals surface area contributed by atoms with Crippen LogP contribution in [0.1, 0.15) is 5.56 Å². The van der Waals surface area contributed by atoms with Gasteiger partial charge in [-0.3, -0.25) is 18.8 Å². The average molecular weight is 370 g/mol. The lowest BCUT2D eigenvalue weighted by molar-refractivity contribution is 0.266. The number of rotatable bonds is 5. The van der Waals surface area contributed by atoms with Crippen molar-refractivity contribution >= 4 is 11.8 Å². The molecule has 10 heteroatoms. The van der Waals surface area contributed by atoms with Gasteiger partial charge in [0.15, 0.2) is 5.56 Å². The second kappa shape index (κ2) is 8.01. The van der Waals surface area contributed by atoms with Gasteiger partial charge in [0.1, 0.15) is 11.9 Å². The highest BCUT2D eigenvalue weighted by Crippen LogP contribution is 2.10. The van der Waals surface area contributed by atoms with E-state index < -0.39 is 11.2 Å². The molecule has 0 radical (unpaired) electrons. The van der Waals surface area contributed by atoms with Gasteiger partial charge >= 0.3 is 5.69 Å². The van der Waals surface area contributed by atoms with Crippen molar-refractivity contribution in [3.05, 3.63) is 44.9 Å². The first-order valence-electron chi connectivity index (χ1n) is 8.71. The van der Waals surface area contributed by atoms with Gasteiger partial charge in [0, 0.05) is 65.8 Å². The summed E-state index contributed by atoms with van der Waals surface area (Å²) >= 11 is 0. The highest BCUT2D eigenvalue weighted by molar-refractivity contribution is 5.51. The topological polar surface area (TPSA) is 112 Å². The Bertz CT molecular complexity index is 952. The molecule has 0 atom stereocenters. The highest BCUT2D eigenvalue weighted by Gasteiger charge is 2.19. The summed E-state index contributed by atoms with van der Waals surface area (Å²) in [4.78, 5) is 37.1. The molecule has 2 aromatic heterocycles. The monoisotopic (exact) mass is 370 g/mol. The molecule has 1 aliphatic rings. The number of piperazine rings is 1.